The van der Waals surface area contributed by atoms with Crippen LogP contribution in [0, 0.1) is 17.7 Å². The summed E-state index contributed by atoms with van der Waals surface area (Å²) in [6, 6.07) is 13.0. The lowest BCUT2D eigenvalue weighted by Gasteiger charge is -2.34. The Hall–Kier alpha value is -2.67. The number of nitrogens with zero attached hydrogens (tertiary/aromatic N) is 2. The maximum atomic E-state index is 13.4. The summed E-state index contributed by atoms with van der Waals surface area (Å²) in [5.74, 6) is 0.749. The van der Waals surface area contributed by atoms with Gasteiger partial charge in [0.05, 0.1) is 22.3 Å². The number of benzene rings is 2. The third kappa shape index (κ3) is 4.66. The second-order valence-electron chi connectivity index (χ2n) is 8.26. The molecule has 1 fully saturated rings. The first-order chi connectivity index (χ1) is 14.9. The van der Waals surface area contributed by atoms with Crippen molar-refractivity contribution >= 4 is 28.6 Å². The van der Waals surface area contributed by atoms with Crippen LogP contribution in [0.3, 0.4) is 0 Å². The van der Waals surface area contributed by atoms with Crippen molar-refractivity contribution in [1.82, 2.24) is 14.9 Å². The molecule has 4 rings (SSSR count). The zero-order valence-corrected chi connectivity index (χ0v) is 18.5. The summed E-state index contributed by atoms with van der Waals surface area (Å²) in [6.07, 6.45) is 3.32. The lowest BCUT2D eigenvalue weighted by atomic mass is 9.78. The van der Waals surface area contributed by atoms with Crippen molar-refractivity contribution in [3.63, 3.8) is 0 Å². The minimum absolute atomic E-state index is 0.0657. The normalized spacial score (nSPS) is 21.2. The van der Waals surface area contributed by atoms with Crippen LogP contribution in [0.25, 0.3) is 16.6 Å². The van der Waals surface area contributed by atoms with Gasteiger partial charge in [-0.3, -0.25) is 14.2 Å². The van der Waals surface area contributed by atoms with Crippen LogP contribution in [0.5, 0.6) is 0 Å². The molecule has 0 aliphatic heterocycles. The summed E-state index contributed by atoms with van der Waals surface area (Å²) in [4.78, 5) is 30.5. The van der Waals surface area contributed by atoms with Gasteiger partial charge in [0.2, 0.25) is 5.91 Å². The van der Waals surface area contributed by atoms with Crippen LogP contribution in [0.2, 0.25) is 0 Å². The van der Waals surface area contributed by atoms with E-state index in [4.69, 9.17) is 0 Å². The van der Waals surface area contributed by atoms with Crippen molar-refractivity contribution in [2.24, 2.45) is 11.8 Å². The topological polar surface area (TPSA) is 64.0 Å². The van der Waals surface area contributed by atoms with Gasteiger partial charge in [0, 0.05) is 6.04 Å². The highest BCUT2D eigenvalue weighted by Crippen LogP contribution is 2.29. The Morgan fingerprint density at radius 2 is 1.90 bits per heavy atom. The van der Waals surface area contributed by atoms with E-state index in [9.17, 15) is 14.0 Å². The van der Waals surface area contributed by atoms with Crippen LogP contribution in [0.4, 0.5) is 4.39 Å². The minimum Gasteiger partial charge on any atom is -0.352 e. The molecule has 0 radical (unpaired) electrons. The van der Waals surface area contributed by atoms with Gasteiger partial charge in [-0.25, -0.2) is 9.37 Å². The van der Waals surface area contributed by atoms with Crippen molar-refractivity contribution in [3.8, 4) is 5.69 Å². The molecule has 1 N–H and O–H groups in total. The van der Waals surface area contributed by atoms with Gasteiger partial charge in [-0.05, 0) is 54.7 Å². The van der Waals surface area contributed by atoms with E-state index in [1.807, 2.05) is 6.07 Å². The molecule has 162 valence electrons. The molecule has 1 aliphatic rings. The predicted octanol–water partition coefficient (Wildman–Crippen LogP) is 4.56. The van der Waals surface area contributed by atoms with Crippen LogP contribution in [0.15, 0.2) is 58.5 Å². The van der Waals surface area contributed by atoms with Gasteiger partial charge in [0.15, 0.2) is 5.16 Å². The molecule has 7 heteroatoms. The number of hydrogen-bond acceptors (Lipinski definition) is 4. The number of fused-ring (bicyclic) bond motifs is 1. The van der Waals surface area contributed by atoms with Gasteiger partial charge in [-0.2, -0.15) is 0 Å². The van der Waals surface area contributed by atoms with E-state index in [0.29, 0.717) is 33.6 Å². The first kappa shape index (κ1) is 21.6. The number of rotatable bonds is 5. The number of aromatic nitrogens is 2. The lowest BCUT2D eigenvalue weighted by Crippen LogP contribution is -2.44. The minimum atomic E-state index is -0.380. The van der Waals surface area contributed by atoms with Crippen molar-refractivity contribution < 1.29 is 9.18 Å². The first-order valence-corrected chi connectivity index (χ1v) is 11.6. The van der Waals surface area contributed by atoms with Crippen molar-refractivity contribution in [3.05, 3.63) is 64.7 Å². The largest absolute Gasteiger partial charge is 0.352 e. The Balaban J connectivity index is 1.60. The summed E-state index contributed by atoms with van der Waals surface area (Å²) in [5.41, 5.74) is 0.848. The van der Waals surface area contributed by atoms with Gasteiger partial charge in [-0.15, -0.1) is 0 Å². The number of para-hydroxylation sites is 1. The molecular formula is C24H26FN3O2S. The molecule has 1 aliphatic carbocycles. The fraction of sp³-hybridized carbons (Fsp3) is 0.375. The Morgan fingerprint density at radius 3 is 2.68 bits per heavy atom. The maximum Gasteiger partial charge on any atom is 0.266 e. The number of halogens is 1. The highest BCUT2D eigenvalue weighted by atomic mass is 32.2. The van der Waals surface area contributed by atoms with Gasteiger partial charge < -0.3 is 5.32 Å². The third-order valence-electron chi connectivity index (χ3n) is 6.22. The third-order valence-corrected chi connectivity index (χ3v) is 7.15. The second kappa shape index (κ2) is 9.22. The van der Waals surface area contributed by atoms with Crippen LogP contribution >= 0.6 is 11.8 Å². The van der Waals surface area contributed by atoms with E-state index < -0.39 is 0 Å². The monoisotopic (exact) mass is 439 g/mol. The lowest BCUT2D eigenvalue weighted by molar-refractivity contribution is -0.120. The Labute approximate surface area is 185 Å². The predicted molar refractivity (Wildman–Crippen MR) is 122 cm³/mol. The fourth-order valence-electron chi connectivity index (χ4n) is 4.19. The molecule has 5 nitrogen and oxygen atoms in total. The van der Waals surface area contributed by atoms with E-state index in [2.05, 4.69) is 24.1 Å². The van der Waals surface area contributed by atoms with Crippen molar-refractivity contribution in [1.29, 1.82) is 0 Å². The molecule has 1 saturated carbocycles. The van der Waals surface area contributed by atoms with E-state index in [1.165, 1.54) is 34.9 Å². The van der Waals surface area contributed by atoms with Gasteiger partial charge in [-0.1, -0.05) is 50.6 Å². The molecule has 1 heterocycles. The molecule has 0 saturated heterocycles. The molecule has 1 aromatic heterocycles. The van der Waals surface area contributed by atoms with E-state index >= 15 is 0 Å². The molecule has 0 unspecified atom stereocenters. The number of carbonyl (C=O) groups excluding carboxylic acids is 1. The summed E-state index contributed by atoms with van der Waals surface area (Å²) < 4.78 is 14.9. The smallest absolute Gasteiger partial charge is 0.266 e. The molecule has 0 spiro atoms. The number of carbonyl (C=O) groups is 1. The van der Waals surface area contributed by atoms with E-state index in [0.717, 1.165) is 12.8 Å². The molecule has 31 heavy (non-hydrogen) atoms. The zero-order valence-electron chi connectivity index (χ0n) is 17.7. The summed E-state index contributed by atoms with van der Waals surface area (Å²) in [6.45, 7) is 4.43. The number of nitrogens with one attached hydrogen (secondary N) is 1. The highest BCUT2D eigenvalue weighted by Gasteiger charge is 2.28. The average molecular weight is 440 g/mol. The van der Waals surface area contributed by atoms with E-state index in [1.54, 1.807) is 30.3 Å². The van der Waals surface area contributed by atoms with Crippen molar-refractivity contribution in [2.75, 3.05) is 5.75 Å². The van der Waals surface area contributed by atoms with Gasteiger partial charge >= 0.3 is 0 Å². The number of thioether (sulfide) groups is 1. The molecule has 3 atom stereocenters. The standard InChI is InChI=1S/C24H26FN3O2S/c1-15-6-5-9-20(16(15)2)26-22(29)14-31-24-27-21-8-4-3-7-19(21)23(30)28(24)18-12-10-17(25)11-13-18/h3-4,7-8,10-13,15-16,20H,5-6,9,14H2,1-2H3,(H,26,29)/t15-,16+,20-/m1/s1. The van der Waals surface area contributed by atoms with Gasteiger partial charge in [0.25, 0.3) is 5.56 Å². The Kier molecular flexibility index (Phi) is 6.41. The molecule has 3 aromatic rings. The molecule has 0 bridgehead atoms. The summed E-state index contributed by atoms with van der Waals surface area (Å²) in [5, 5.41) is 4.05. The molecular weight excluding hydrogens is 413 g/mol. The summed E-state index contributed by atoms with van der Waals surface area (Å²) in [7, 11) is 0. The number of hydrogen-bond donors (Lipinski definition) is 1. The molecule has 1 amide bonds. The van der Waals surface area contributed by atoms with Crippen LogP contribution in [-0.2, 0) is 4.79 Å². The van der Waals surface area contributed by atoms with Crippen LogP contribution < -0.4 is 10.9 Å². The SMILES string of the molecule is C[C@H]1[C@H](C)CCC[C@H]1NC(=O)CSc1nc2ccccc2c(=O)n1-c1ccc(F)cc1. The fourth-order valence-corrected chi connectivity index (χ4v) is 5.02. The van der Waals surface area contributed by atoms with Gasteiger partial charge in [0.1, 0.15) is 5.82 Å². The molecule has 2 aromatic carbocycles. The number of amides is 1. The van der Waals surface area contributed by atoms with E-state index in [-0.39, 0.29) is 29.1 Å². The highest BCUT2D eigenvalue weighted by molar-refractivity contribution is 7.99. The Bertz CT molecular complexity index is 1150. The summed E-state index contributed by atoms with van der Waals surface area (Å²) >= 11 is 1.22. The maximum absolute atomic E-state index is 13.4. The van der Waals surface area contributed by atoms with Crippen molar-refractivity contribution in [2.45, 2.75) is 44.3 Å². The zero-order chi connectivity index (χ0) is 22.0. The average Bonchev–Trinajstić information content (AvgIpc) is 2.76. The first-order valence-electron chi connectivity index (χ1n) is 10.6. The van der Waals surface area contributed by atoms with Crippen LogP contribution in [-0.4, -0.2) is 27.3 Å². The second-order valence-corrected chi connectivity index (χ2v) is 9.20. The van der Waals surface area contributed by atoms with Crippen LogP contribution in [0.1, 0.15) is 33.1 Å². The Morgan fingerprint density at radius 1 is 1.16 bits per heavy atom. The quantitative estimate of drug-likeness (QED) is 0.468.